The molecular weight excluding hydrogens is 481 g/mol. The van der Waals surface area contributed by atoms with Crippen molar-refractivity contribution in [1.29, 1.82) is 0 Å². The Labute approximate surface area is 200 Å². The number of thioether (sulfide) groups is 1. The molecule has 0 aromatic heterocycles. The number of ether oxygens (including phenoxy) is 1. The summed E-state index contributed by atoms with van der Waals surface area (Å²) in [7, 11) is 0. The van der Waals surface area contributed by atoms with Crippen LogP contribution in [0, 0.1) is 26.0 Å². The van der Waals surface area contributed by atoms with E-state index in [2.05, 4.69) is 0 Å². The minimum atomic E-state index is -0.807. The van der Waals surface area contributed by atoms with Gasteiger partial charge in [-0.25, -0.2) is 4.39 Å². The Morgan fingerprint density at radius 3 is 2.37 bits per heavy atom. The first-order valence-corrected chi connectivity index (χ1v) is 10.7. The van der Waals surface area contributed by atoms with Crippen molar-refractivity contribution in [2.45, 2.75) is 6.54 Å². The number of halogens is 1. The van der Waals surface area contributed by atoms with Crippen LogP contribution in [0.2, 0.25) is 0 Å². The minimum absolute atomic E-state index is 0.0561. The van der Waals surface area contributed by atoms with Gasteiger partial charge in [0.15, 0.2) is 0 Å². The average Bonchev–Trinajstić information content (AvgIpc) is 3.09. The van der Waals surface area contributed by atoms with E-state index in [1.54, 1.807) is 24.3 Å². The maximum absolute atomic E-state index is 14.0. The molecule has 0 bridgehead atoms. The highest BCUT2D eigenvalue weighted by Gasteiger charge is 2.35. The number of carbonyl (C=O) groups excluding carboxylic acids is 2. The Balaban J connectivity index is 1.63. The summed E-state index contributed by atoms with van der Waals surface area (Å²) >= 11 is 0.667. The molecule has 0 aliphatic carbocycles. The zero-order valence-electron chi connectivity index (χ0n) is 17.6. The quantitative estimate of drug-likeness (QED) is 0.233. The van der Waals surface area contributed by atoms with E-state index in [1.165, 1.54) is 30.3 Å². The Morgan fingerprint density at radius 1 is 0.943 bits per heavy atom. The highest BCUT2D eigenvalue weighted by Crippen LogP contribution is 2.38. The lowest BCUT2D eigenvalue weighted by Crippen LogP contribution is -2.27. The summed E-state index contributed by atoms with van der Waals surface area (Å²) in [4.78, 5) is 47.1. The SMILES string of the molecule is O=C1S/C(=C/c2ccccc2Oc2ccc([N+](=O)[O-])cc2[N+](=O)[O-])C(=O)N1Cc1ccccc1F. The van der Waals surface area contributed by atoms with Crippen molar-refractivity contribution in [3.8, 4) is 11.5 Å². The molecule has 10 nitrogen and oxygen atoms in total. The van der Waals surface area contributed by atoms with Crippen LogP contribution in [0.25, 0.3) is 6.08 Å². The second kappa shape index (κ2) is 9.73. The van der Waals surface area contributed by atoms with Crippen molar-refractivity contribution in [3.63, 3.8) is 0 Å². The van der Waals surface area contributed by atoms with Crippen LogP contribution in [-0.4, -0.2) is 25.9 Å². The van der Waals surface area contributed by atoms with E-state index in [1.807, 2.05) is 0 Å². The highest BCUT2D eigenvalue weighted by molar-refractivity contribution is 8.18. The monoisotopic (exact) mass is 495 g/mol. The summed E-state index contributed by atoms with van der Waals surface area (Å²) in [6.07, 6.45) is 1.39. The summed E-state index contributed by atoms with van der Waals surface area (Å²) in [6, 6.07) is 15.0. The number of non-ortho nitro benzene ring substituents is 1. The number of para-hydroxylation sites is 1. The van der Waals surface area contributed by atoms with Gasteiger partial charge < -0.3 is 4.74 Å². The van der Waals surface area contributed by atoms with E-state index in [-0.39, 0.29) is 28.5 Å². The molecule has 0 atom stereocenters. The number of amides is 2. The number of benzene rings is 3. The van der Waals surface area contributed by atoms with Gasteiger partial charge in [-0.2, -0.15) is 0 Å². The van der Waals surface area contributed by atoms with Gasteiger partial charge in [0.25, 0.3) is 16.8 Å². The lowest BCUT2D eigenvalue weighted by atomic mass is 10.1. The summed E-state index contributed by atoms with van der Waals surface area (Å²) in [5.74, 6) is -1.29. The molecule has 3 aromatic carbocycles. The summed E-state index contributed by atoms with van der Waals surface area (Å²) in [6.45, 7) is -0.234. The van der Waals surface area contributed by atoms with Crippen LogP contribution in [0.3, 0.4) is 0 Å². The Morgan fingerprint density at radius 2 is 1.66 bits per heavy atom. The van der Waals surface area contributed by atoms with Crippen molar-refractivity contribution in [3.05, 3.63) is 109 Å². The maximum atomic E-state index is 14.0. The molecule has 1 aliphatic rings. The van der Waals surface area contributed by atoms with E-state index >= 15 is 0 Å². The number of carbonyl (C=O) groups is 2. The van der Waals surface area contributed by atoms with Gasteiger partial charge in [0.1, 0.15) is 11.6 Å². The molecule has 0 saturated carbocycles. The molecule has 2 amide bonds. The topological polar surface area (TPSA) is 133 Å². The van der Waals surface area contributed by atoms with E-state index in [9.17, 15) is 34.2 Å². The molecule has 3 aromatic rings. The third-order valence-electron chi connectivity index (χ3n) is 4.94. The fourth-order valence-electron chi connectivity index (χ4n) is 3.23. The summed E-state index contributed by atoms with van der Waals surface area (Å²) in [5, 5.41) is 21.8. The van der Waals surface area contributed by atoms with Crippen LogP contribution in [0.1, 0.15) is 11.1 Å². The zero-order chi connectivity index (χ0) is 25.1. The predicted molar refractivity (Wildman–Crippen MR) is 124 cm³/mol. The first kappa shape index (κ1) is 23.6. The third kappa shape index (κ3) is 5.01. The first-order chi connectivity index (χ1) is 16.7. The van der Waals surface area contributed by atoms with Crippen molar-refractivity contribution < 1.29 is 28.6 Å². The van der Waals surface area contributed by atoms with Gasteiger partial charge in [-0.1, -0.05) is 36.4 Å². The van der Waals surface area contributed by atoms with E-state index in [4.69, 9.17) is 4.74 Å². The molecule has 1 saturated heterocycles. The summed E-state index contributed by atoms with van der Waals surface area (Å²) in [5.41, 5.74) is -0.568. The third-order valence-corrected chi connectivity index (χ3v) is 5.84. The van der Waals surface area contributed by atoms with Crippen LogP contribution in [-0.2, 0) is 11.3 Å². The molecule has 0 unspecified atom stereocenters. The van der Waals surface area contributed by atoms with Crippen molar-refractivity contribution in [2.75, 3.05) is 0 Å². The predicted octanol–water partition coefficient (Wildman–Crippen LogP) is 5.67. The van der Waals surface area contributed by atoms with Gasteiger partial charge in [-0.3, -0.25) is 34.7 Å². The van der Waals surface area contributed by atoms with Crippen LogP contribution in [0.15, 0.2) is 71.6 Å². The Hall–Kier alpha value is -4.58. The van der Waals surface area contributed by atoms with Crippen LogP contribution < -0.4 is 4.74 Å². The van der Waals surface area contributed by atoms with Crippen molar-refractivity contribution in [2.24, 2.45) is 0 Å². The molecular formula is C23H14FN3O7S. The lowest BCUT2D eigenvalue weighted by molar-refractivity contribution is -0.394. The van der Waals surface area contributed by atoms with Crippen molar-refractivity contribution in [1.82, 2.24) is 4.90 Å². The molecule has 12 heteroatoms. The number of nitrogens with zero attached hydrogens (tertiary/aromatic N) is 3. The Kier molecular flexibility index (Phi) is 6.55. The molecule has 1 fully saturated rings. The number of hydrogen-bond donors (Lipinski definition) is 0. The van der Waals surface area contributed by atoms with E-state index < -0.39 is 38.2 Å². The van der Waals surface area contributed by atoms with Crippen LogP contribution in [0.4, 0.5) is 20.6 Å². The number of hydrogen-bond acceptors (Lipinski definition) is 8. The van der Waals surface area contributed by atoms with Gasteiger partial charge in [0.05, 0.1) is 27.4 Å². The van der Waals surface area contributed by atoms with Crippen LogP contribution >= 0.6 is 11.8 Å². The number of rotatable bonds is 7. The molecule has 1 aliphatic heterocycles. The van der Waals surface area contributed by atoms with Gasteiger partial charge in [0, 0.05) is 17.2 Å². The second-order valence-corrected chi connectivity index (χ2v) is 8.16. The van der Waals surface area contributed by atoms with E-state index in [0.717, 1.165) is 23.1 Å². The number of nitro benzene ring substituents is 2. The first-order valence-electron chi connectivity index (χ1n) is 9.93. The average molecular weight is 495 g/mol. The van der Waals surface area contributed by atoms with Crippen LogP contribution in [0.5, 0.6) is 11.5 Å². The highest BCUT2D eigenvalue weighted by atomic mass is 32.2. The Bertz CT molecular complexity index is 1410. The fourth-order valence-corrected chi connectivity index (χ4v) is 4.06. The fraction of sp³-hybridized carbons (Fsp3) is 0.0435. The van der Waals surface area contributed by atoms with Gasteiger partial charge in [-0.05, 0) is 36.0 Å². The maximum Gasteiger partial charge on any atom is 0.318 e. The molecule has 176 valence electrons. The normalized spacial score (nSPS) is 14.4. The zero-order valence-corrected chi connectivity index (χ0v) is 18.4. The number of imide groups is 1. The smallest absolute Gasteiger partial charge is 0.318 e. The molecule has 0 spiro atoms. The molecule has 4 rings (SSSR count). The molecule has 0 radical (unpaired) electrons. The molecule has 0 N–H and O–H groups in total. The largest absolute Gasteiger partial charge is 0.449 e. The van der Waals surface area contributed by atoms with Gasteiger partial charge in [-0.15, -0.1) is 0 Å². The summed E-state index contributed by atoms with van der Waals surface area (Å²) < 4.78 is 19.7. The standard InChI is InChI=1S/C23H14FN3O7S/c24-17-7-3-1-6-15(17)13-25-22(28)21(35-23(25)29)11-14-5-2-4-8-19(14)34-20-10-9-16(26(30)31)12-18(20)27(32)33/h1-12H,13H2/b21-11+. The molecule has 35 heavy (non-hydrogen) atoms. The van der Waals surface area contributed by atoms with E-state index in [0.29, 0.717) is 17.3 Å². The van der Waals surface area contributed by atoms with Gasteiger partial charge in [0.2, 0.25) is 5.75 Å². The van der Waals surface area contributed by atoms with Gasteiger partial charge >= 0.3 is 5.69 Å². The lowest BCUT2D eigenvalue weighted by Gasteiger charge is -2.13. The van der Waals surface area contributed by atoms with Crippen molar-refractivity contribution >= 4 is 40.4 Å². The number of nitro groups is 2. The second-order valence-electron chi connectivity index (χ2n) is 7.17. The minimum Gasteiger partial charge on any atom is -0.449 e. The molecule has 1 heterocycles.